The molecule has 0 saturated heterocycles. The standard InChI is InChI=1S/C38H48ClN2O5S2.Na.H2O/c1-37(2)30-16-5-7-18-32(30)40(24-9-11-26-47(42)43)34(37)22-20-28-14-13-15-29(36(28)39)21-23-35-38(3,4)31-17-6-8-19-33(31)41(35)25-10-12-27-48(44,45)46;;/h5-8,16-19,21,23H,9-15,20,22,24-27H2,1-4H3;;1H2/q-1;+1;/p-1/b29-21+,35-23-;;. The summed E-state index contributed by atoms with van der Waals surface area (Å²) in [5.74, 6) is -0.156. The number of benzene rings is 2. The molecule has 1 N–H and O–H groups in total. The van der Waals surface area contributed by atoms with Crippen molar-refractivity contribution in [3.05, 3.63) is 93.7 Å². The first kappa shape index (κ1) is 42.7. The minimum absolute atomic E-state index is 0. The SMILES string of the molecule is CC1(C)C(CCC2=C(Cl)/C(=C/C=C3\N(CCCCS(=O)(=O)[O-])c4ccccc4C3(C)C)CCC2)=[N+](CCCC[S-](=O)=O)c2ccccc21.[Na+].[OH-]. The van der Waals surface area contributed by atoms with Gasteiger partial charge in [-0.25, -0.2) is 8.42 Å². The Kier molecular flexibility index (Phi) is 15.2. The number of nitrogens with zero attached hydrogens (tertiary/aromatic N) is 2. The second-order valence-electron chi connectivity index (χ2n) is 14.2. The van der Waals surface area contributed by atoms with E-state index >= 15 is 0 Å². The van der Waals surface area contributed by atoms with E-state index in [9.17, 15) is 21.4 Å². The predicted octanol–water partition coefficient (Wildman–Crippen LogP) is 5.37. The van der Waals surface area contributed by atoms with Crippen LogP contribution in [0.25, 0.3) is 0 Å². The van der Waals surface area contributed by atoms with Crippen LogP contribution in [0.15, 0.2) is 82.6 Å². The van der Waals surface area contributed by atoms with Crippen molar-refractivity contribution in [3.8, 4) is 0 Å². The third kappa shape index (κ3) is 9.61. The van der Waals surface area contributed by atoms with Crippen molar-refractivity contribution in [2.75, 3.05) is 29.5 Å². The molecular weight excluding hydrogens is 703 g/mol. The van der Waals surface area contributed by atoms with Crippen molar-refractivity contribution in [1.82, 2.24) is 0 Å². The molecule has 0 amide bonds. The number of anilines is 1. The Bertz CT molecular complexity index is 1850. The molecule has 0 fully saturated rings. The van der Waals surface area contributed by atoms with E-state index in [1.807, 2.05) is 6.07 Å². The molecule has 0 saturated carbocycles. The van der Waals surface area contributed by atoms with Crippen molar-refractivity contribution < 1.29 is 61.0 Å². The van der Waals surface area contributed by atoms with Gasteiger partial charge in [-0.1, -0.05) is 96.4 Å². The van der Waals surface area contributed by atoms with Crippen molar-refractivity contribution >= 4 is 49.5 Å². The number of fused-ring (bicyclic) bond motifs is 2. The summed E-state index contributed by atoms with van der Waals surface area (Å²) in [6.45, 7) is 10.4. The number of hydrogen-bond acceptors (Lipinski definition) is 8. The molecule has 8 nitrogen and oxygen atoms in total. The Morgan fingerprint density at radius 1 is 0.900 bits per heavy atom. The van der Waals surface area contributed by atoms with Gasteiger partial charge in [-0.3, -0.25) is 0 Å². The maximum absolute atomic E-state index is 11.2. The Morgan fingerprint density at radius 3 is 2.28 bits per heavy atom. The number of rotatable bonds is 14. The van der Waals surface area contributed by atoms with Gasteiger partial charge in [-0.05, 0) is 75.7 Å². The van der Waals surface area contributed by atoms with Crippen LogP contribution in [-0.2, 0) is 40.1 Å². The van der Waals surface area contributed by atoms with Crippen molar-refractivity contribution in [1.29, 1.82) is 0 Å². The Morgan fingerprint density at radius 2 is 1.58 bits per heavy atom. The molecule has 0 bridgehead atoms. The molecule has 3 aliphatic rings. The Balaban J connectivity index is 0.00000338. The van der Waals surface area contributed by atoms with Gasteiger partial charge in [0.2, 0.25) is 5.69 Å². The first-order valence-electron chi connectivity index (χ1n) is 17.1. The topological polar surface area (TPSA) is 128 Å². The summed E-state index contributed by atoms with van der Waals surface area (Å²) in [6, 6.07) is 16.9. The number of unbranched alkanes of at least 4 members (excludes halogenated alkanes) is 2. The van der Waals surface area contributed by atoms with E-state index in [-0.39, 0.29) is 57.4 Å². The van der Waals surface area contributed by atoms with Gasteiger partial charge >= 0.3 is 29.6 Å². The van der Waals surface area contributed by atoms with Gasteiger partial charge in [-0.2, -0.15) is 4.58 Å². The van der Waals surface area contributed by atoms with E-state index in [0.717, 1.165) is 67.1 Å². The van der Waals surface area contributed by atoms with Crippen LogP contribution in [0.5, 0.6) is 0 Å². The van der Waals surface area contributed by atoms with E-state index in [1.54, 1.807) is 0 Å². The van der Waals surface area contributed by atoms with E-state index < -0.39 is 20.8 Å². The molecule has 0 unspecified atom stereocenters. The smallest absolute Gasteiger partial charge is 0.870 e. The summed E-state index contributed by atoms with van der Waals surface area (Å²) >= 11 is 7.19. The molecule has 2 aromatic carbocycles. The normalized spacial score (nSPS) is 19.5. The first-order chi connectivity index (χ1) is 22.7. The Labute approximate surface area is 327 Å². The summed E-state index contributed by atoms with van der Waals surface area (Å²) in [5.41, 5.74) is 9.38. The van der Waals surface area contributed by atoms with Crippen molar-refractivity contribution in [2.24, 2.45) is 0 Å². The largest absolute Gasteiger partial charge is 1.00 e. The fraction of sp³-hybridized carbons (Fsp3) is 0.500. The van der Waals surface area contributed by atoms with E-state index in [2.05, 4.69) is 91.8 Å². The van der Waals surface area contributed by atoms with Crippen molar-refractivity contribution in [2.45, 2.75) is 96.3 Å². The van der Waals surface area contributed by atoms with Crippen LogP contribution in [-0.4, -0.2) is 53.3 Å². The molecule has 5 rings (SSSR count). The quantitative estimate of drug-likeness (QED) is 0.0836. The van der Waals surface area contributed by atoms with E-state index in [4.69, 9.17) is 11.6 Å². The minimum atomic E-state index is -4.23. The summed E-state index contributed by atoms with van der Waals surface area (Å²) < 4.78 is 58.3. The van der Waals surface area contributed by atoms with Crippen LogP contribution in [0.3, 0.4) is 0 Å². The van der Waals surface area contributed by atoms with Gasteiger partial charge in [-0.15, -0.1) is 0 Å². The van der Waals surface area contributed by atoms with E-state index in [1.165, 1.54) is 28.1 Å². The fourth-order valence-corrected chi connectivity index (χ4v) is 9.12. The van der Waals surface area contributed by atoms with E-state index in [0.29, 0.717) is 25.8 Å². The van der Waals surface area contributed by atoms with Crippen LogP contribution in [0.1, 0.15) is 96.6 Å². The maximum atomic E-state index is 11.2. The number of hydrogen-bond donors (Lipinski definition) is 0. The first-order valence-corrected chi connectivity index (χ1v) is 20.3. The zero-order valence-electron chi connectivity index (χ0n) is 30.0. The molecule has 50 heavy (non-hydrogen) atoms. The van der Waals surface area contributed by atoms with Gasteiger partial charge in [0.25, 0.3) is 0 Å². The minimum Gasteiger partial charge on any atom is -0.870 e. The third-order valence-electron chi connectivity index (χ3n) is 10.3. The van der Waals surface area contributed by atoms with Crippen molar-refractivity contribution in [3.63, 3.8) is 0 Å². The molecule has 0 radical (unpaired) electrons. The molecule has 12 heteroatoms. The fourth-order valence-electron chi connectivity index (χ4n) is 7.78. The second kappa shape index (κ2) is 17.8. The molecule has 1 aliphatic carbocycles. The maximum Gasteiger partial charge on any atom is 1.00 e. The number of halogens is 1. The van der Waals surface area contributed by atoms with Crippen LogP contribution in [0, 0.1) is 0 Å². The molecule has 0 spiro atoms. The molecule has 2 heterocycles. The molecule has 2 aromatic rings. The van der Waals surface area contributed by atoms with Gasteiger partial charge in [0.05, 0.1) is 15.5 Å². The molecule has 2 aliphatic heterocycles. The summed E-state index contributed by atoms with van der Waals surface area (Å²) in [5, 5.41) is 0.858. The summed E-state index contributed by atoms with van der Waals surface area (Å²) in [4.78, 5) is 2.27. The van der Waals surface area contributed by atoms with Crippen LogP contribution in [0.2, 0.25) is 0 Å². The summed E-state index contributed by atoms with van der Waals surface area (Å²) in [6.07, 6.45) is 11.4. The number of para-hydroxylation sites is 2. The molecule has 0 aromatic heterocycles. The van der Waals surface area contributed by atoms with Crippen LogP contribution >= 0.6 is 11.6 Å². The van der Waals surface area contributed by atoms with Gasteiger partial charge < -0.3 is 23.3 Å². The van der Waals surface area contributed by atoms with Crippen LogP contribution < -0.4 is 34.5 Å². The number of allylic oxidation sites excluding steroid dienone is 6. The second-order valence-corrected chi connectivity index (χ2v) is 17.2. The predicted molar refractivity (Wildman–Crippen MR) is 197 cm³/mol. The van der Waals surface area contributed by atoms with Gasteiger partial charge in [0.1, 0.15) is 6.54 Å². The zero-order chi connectivity index (χ0) is 34.7. The zero-order valence-corrected chi connectivity index (χ0v) is 34.4. The Hall–Kier alpha value is -1.76. The molecule has 0 atom stereocenters. The van der Waals surface area contributed by atoms with Crippen LogP contribution in [0.4, 0.5) is 11.4 Å². The average molecular weight is 752 g/mol. The van der Waals surface area contributed by atoms with Gasteiger partial charge in [0.15, 0.2) is 5.71 Å². The molecule has 268 valence electrons. The summed E-state index contributed by atoms with van der Waals surface area (Å²) in [7, 11) is -6.25. The average Bonchev–Trinajstić information content (AvgIpc) is 3.38. The molecular formula is C38H49ClN2NaO6S2-. The monoisotopic (exact) mass is 751 g/mol. The van der Waals surface area contributed by atoms with Gasteiger partial charge in [0, 0.05) is 58.6 Å². The third-order valence-corrected chi connectivity index (χ3v) is 12.2.